The van der Waals surface area contributed by atoms with E-state index in [1.54, 1.807) is 0 Å². The van der Waals surface area contributed by atoms with Crippen molar-refractivity contribution in [2.24, 2.45) is 5.92 Å². The van der Waals surface area contributed by atoms with Gasteiger partial charge in [0.2, 0.25) is 5.91 Å². The minimum absolute atomic E-state index is 0.111. The Morgan fingerprint density at radius 1 is 1.28 bits per heavy atom. The lowest BCUT2D eigenvalue weighted by Gasteiger charge is -2.14. The summed E-state index contributed by atoms with van der Waals surface area (Å²) in [7, 11) is 0. The summed E-state index contributed by atoms with van der Waals surface area (Å²) < 4.78 is 0. The molecule has 1 amide bonds. The zero-order valence-corrected chi connectivity index (χ0v) is 10.6. The van der Waals surface area contributed by atoms with Gasteiger partial charge in [0.25, 0.3) is 0 Å². The average molecular weight is 247 g/mol. The highest BCUT2D eigenvalue weighted by molar-refractivity contribution is 5.78. The van der Waals surface area contributed by atoms with E-state index in [1.165, 1.54) is 0 Å². The van der Waals surface area contributed by atoms with E-state index in [1.807, 2.05) is 30.3 Å². The van der Waals surface area contributed by atoms with Crippen molar-refractivity contribution < 1.29 is 9.90 Å². The van der Waals surface area contributed by atoms with Crippen LogP contribution in [0.4, 0.5) is 0 Å². The number of nitrogens with one attached hydrogen (secondary N) is 1. The Morgan fingerprint density at radius 3 is 2.61 bits per heavy atom. The molecule has 0 saturated heterocycles. The summed E-state index contributed by atoms with van der Waals surface area (Å²) in [5, 5.41) is 12.7. The lowest BCUT2D eigenvalue weighted by molar-refractivity contribution is -0.125. The maximum Gasteiger partial charge on any atom is 0.223 e. The van der Waals surface area contributed by atoms with Crippen LogP contribution in [0.3, 0.4) is 0 Å². The molecule has 98 valence electrons. The van der Waals surface area contributed by atoms with Gasteiger partial charge in [0.1, 0.15) is 0 Å². The molecule has 0 aromatic heterocycles. The van der Waals surface area contributed by atoms with Crippen LogP contribution in [0.2, 0.25) is 0 Å². The Hall–Kier alpha value is -1.35. The molecule has 0 radical (unpaired) electrons. The third-order valence-corrected chi connectivity index (χ3v) is 3.55. The topological polar surface area (TPSA) is 49.3 Å². The van der Waals surface area contributed by atoms with Crippen LogP contribution >= 0.6 is 0 Å². The first kappa shape index (κ1) is 13.1. The third kappa shape index (κ3) is 3.84. The summed E-state index contributed by atoms with van der Waals surface area (Å²) in [5.41, 5.74) is 1.10. The summed E-state index contributed by atoms with van der Waals surface area (Å²) in [6, 6.07) is 9.85. The molecule has 2 rings (SSSR count). The number of benzene rings is 1. The number of hydrogen-bond donors (Lipinski definition) is 2. The van der Waals surface area contributed by atoms with Crippen molar-refractivity contribution in [2.45, 2.75) is 38.2 Å². The number of aliphatic hydroxyl groups is 1. The van der Waals surface area contributed by atoms with Crippen LogP contribution in [0, 0.1) is 5.92 Å². The average Bonchev–Trinajstić information content (AvgIpc) is 2.91. The number of hydrogen-bond acceptors (Lipinski definition) is 2. The Labute approximate surface area is 108 Å². The Morgan fingerprint density at radius 2 is 1.94 bits per heavy atom. The first-order valence-electron chi connectivity index (χ1n) is 6.75. The first-order valence-corrected chi connectivity index (χ1v) is 6.75. The highest BCUT2D eigenvalue weighted by Crippen LogP contribution is 2.24. The van der Waals surface area contributed by atoms with E-state index in [0.717, 1.165) is 31.2 Å². The van der Waals surface area contributed by atoms with Gasteiger partial charge < -0.3 is 10.4 Å². The van der Waals surface area contributed by atoms with Crippen molar-refractivity contribution in [3.05, 3.63) is 35.9 Å². The Kier molecular flexibility index (Phi) is 4.76. The number of carbonyl (C=O) groups excluding carboxylic acids is 1. The molecule has 1 unspecified atom stereocenters. The number of aliphatic hydroxyl groups excluding tert-OH is 1. The molecule has 18 heavy (non-hydrogen) atoms. The van der Waals surface area contributed by atoms with E-state index in [4.69, 9.17) is 0 Å². The summed E-state index contributed by atoms with van der Waals surface area (Å²) in [6.45, 7) is 0.351. The van der Waals surface area contributed by atoms with Crippen molar-refractivity contribution in [1.29, 1.82) is 0 Å². The molecule has 2 N–H and O–H groups in total. The van der Waals surface area contributed by atoms with E-state index in [9.17, 15) is 9.90 Å². The van der Waals surface area contributed by atoms with Gasteiger partial charge in [0.05, 0.1) is 6.10 Å². The second-order valence-corrected chi connectivity index (χ2v) is 5.07. The quantitative estimate of drug-likeness (QED) is 0.835. The van der Waals surface area contributed by atoms with E-state index in [0.29, 0.717) is 13.0 Å². The molecule has 1 aromatic carbocycles. The van der Waals surface area contributed by atoms with Crippen LogP contribution in [-0.2, 0) is 11.2 Å². The van der Waals surface area contributed by atoms with Gasteiger partial charge in [-0.2, -0.15) is 0 Å². The molecule has 1 fully saturated rings. The third-order valence-electron chi connectivity index (χ3n) is 3.55. The molecule has 0 bridgehead atoms. The van der Waals surface area contributed by atoms with E-state index in [-0.39, 0.29) is 11.8 Å². The molecule has 3 nitrogen and oxygen atoms in total. The van der Waals surface area contributed by atoms with Gasteiger partial charge in [-0.15, -0.1) is 0 Å². The highest BCUT2D eigenvalue weighted by atomic mass is 16.3. The van der Waals surface area contributed by atoms with Gasteiger partial charge in [-0.25, -0.2) is 0 Å². The maximum atomic E-state index is 11.8. The largest absolute Gasteiger partial charge is 0.391 e. The van der Waals surface area contributed by atoms with Gasteiger partial charge in [-0.3, -0.25) is 4.79 Å². The highest BCUT2D eigenvalue weighted by Gasteiger charge is 2.22. The van der Waals surface area contributed by atoms with Crippen molar-refractivity contribution >= 4 is 5.91 Å². The van der Waals surface area contributed by atoms with Crippen LogP contribution in [-0.4, -0.2) is 23.7 Å². The summed E-state index contributed by atoms with van der Waals surface area (Å²) in [4.78, 5) is 11.8. The predicted octanol–water partition coefficient (Wildman–Crippen LogP) is 1.90. The fraction of sp³-hybridized carbons (Fsp3) is 0.533. The van der Waals surface area contributed by atoms with Crippen molar-refractivity contribution in [2.75, 3.05) is 6.54 Å². The zero-order chi connectivity index (χ0) is 12.8. The van der Waals surface area contributed by atoms with Gasteiger partial charge in [0.15, 0.2) is 0 Å². The van der Waals surface area contributed by atoms with Gasteiger partial charge in [0, 0.05) is 18.9 Å². The summed E-state index contributed by atoms with van der Waals surface area (Å²) in [5.74, 6) is 0.286. The van der Waals surface area contributed by atoms with E-state index < -0.39 is 6.10 Å². The molecule has 1 aliphatic carbocycles. The van der Waals surface area contributed by atoms with Crippen molar-refractivity contribution in [3.8, 4) is 0 Å². The zero-order valence-electron chi connectivity index (χ0n) is 10.6. The smallest absolute Gasteiger partial charge is 0.223 e. The monoisotopic (exact) mass is 247 g/mol. The molecule has 3 heteroatoms. The van der Waals surface area contributed by atoms with Crippen LogP contribution in [0.5, 0.6) is 0 Å². The minimum Gasteiger partial charge on any atom is -0.391 e. The summed E-state index contributed by atoms with van der Waals surface area (Å²) >= 11 is 0. The van der Waals surface area contributed by atoms with Crippen LogP contribution < -0.4 is 5.32 Å². The molecule has 0 heterocycles. The second kappa shape index (κ2) is 6.55. The SMILES string of the molecule is O=C(NCC(O)Cc1ccccc1)C1CCCC1. The standard InChI is InChI=1S/C15H21NO2/c17-14(10-12-6-2-1-3-7-12)11-16-15(18)13-8-4-5-9-13/h1-3,6-7,13-14,17H,4-5,8-11H2,(H,16,18). The molecule has 0 spiro atoms. The van der Waals surface area contributed by atoms with Gasteiger partial charge in [-0.1, -0.05) is 43.2 Å². The van der Waals surface area contributed by atoms with Crippen molar-refractivity contribution in [1.82, 2.24) is 5.32 Å². The Bertz CT molecular complexity index is 371. The fourth-order valence-electron chi connectivity index (χ4n) is 2.51. The minimum atomic E-state index is -0.502. The van der Waals surface area contributed by atoms with Crippen LogP contribution in [0.25, 0.3) is 0 Å². The van der Waals surface area contributed by atoms with Gasteiger partial charge >= 0.3 is 0 Å². The molecular weight excluding hydrogens is 226 g/mol. The molecule has 1 saturated carbocycles. The second-order valence-electron chi connectivity index (χ2n) is 5.07. The fourth-order valence-corrected chi connectivity index (χ4v) is 2.51. The van der Waals surface area contributed by atoms with Gasteiger partial charge in [-0.05, 0) is 18.4 Å². The number of amides is 1. The normalized spacial score (nSPS) is 17.6. The molecule has 0 aliphatic heterocycles. The first-order chi connectivity index (χ1) is 8.75. The van der Waals surface area contributed by atoms with E-state index >= 15 is 0 Å². The number of carbonyl (C=O) groups is 1. The predicted molar refractivity (Wildman–Crippen MR) is 71.1 cm³/mol. The maximum absolute atomic E-state index is 11.8. The molecule has 1 aromatic rings. The van der Waals surface area contributed by atoms with E-state index in [2.05, 4.69) is 5.32 Å². The lowest BCUT2D eigenvalue weighted by Crippen LogP contribution is -2.36. The Balaban J connectivity index is 1.71. The molecular formula is C15H21NO2. The lowest BCUT2D eigenvalue weighted by atomic mass is 10.1. The van der Waals surface area contributed by atoms with Crippen LogP contribution in [0.15, 0.2) is 30.3 Å². The molecule has 1 aliphatic rings. The van der Waals surface area contributed by atoms with Crippen molar-refractivity contribution in [3.63, 3.8) is 0 Å². The molecule has 1 atom stereocenters. The van der Waals surface area contributed by atoms with Crippen LogP contribution in [0.1, 0.15) is 31.2 Å². The number of rotatable bonds is 5. The summed E-state index contributed by atoms with van der Waals surface area (Å²) in [6.07, 6.45) is 4.40.